The van der Waals surface area contributed by atoms with Crippen LogP contribution in [0.4, 0.5) is 0 Å². The maximum Gasteiger partial charge on any atom is 0.305 e. The molecule has 1 fully saturated rings. The van der Waals surface area contributed by atoms with Gasteiger partial charge in [-0.05, 0) is 18.4 Å². The summed E-state index contributed by atoms with van der Waals surface area (Å²) in [6.07, 6.45) is 4.92. The van der Waals surface area contributed by atoms with Gasteiger partial charge in [0.05, 0.1) is 6.61 Å². The molecule has 0 aromatic heterocycles. The molecule has 0 spiro atoms. The Bertz CT molecular complexity index is 380. The maximum atomic E-state index is 11.2. The summed E-state index contributed by atoms with van der Waals surface area (Å²) in [5.74, 6) is -0.954. The SMILES string of the molecule is CC(=O)OC1(OCc2ccccc2)CCCCC1. The number of carbonyl (C=O) groups is 1. The van der Waals surface area contributed by atoms with Crippen LogP contribution in [0.2, 0.25) is 0 Å². The van der Waals surface area contributed by atoms with Gasteiger partial charge < -0.3 is 9.47 Å². The topological polar surface area (TPSA) is 35.5 Å². The molecule has 98 valence electrons. The minimum Gasteiger partial charge on any atom is -0.433 e. The Kier molecular flexibility index (Phi) is 4.37. The van der Waals surface area contributed by atoms with E-state index in [9.17, 15) is 4.79 Å². The molecule has 1 aliphatic rings. The van der Waals surface area contributed by atoms with Gasteiger partial charge >= 0.3 is 5.97 Å². The Hall–Kier alpha value is -1.35. The number of benzene rings is 1. The number of rotatable bonds is 4. The van der Waals surface area contributed by atoms with Gasteiger partial charge in [-0.2, -0.15) is 0 Å². The van der Waals surface area contributed by atoms with Crippen molar-refractivity contribution in [2.45, 2.75) is 51.4 Å². The molecule has 0 heterocycles. The quantitative estimate of drug-likeness (QED) is 0.605. The van der Waals surface area contributed by atoms with Crippen LogP contribution in [0.3, 0.4) is 0 Å². The number of esters is 1. The van der Waals surface area contributed by atoms with Crippen molar-refractivity contribution in [1.82, 2.24) is 0 Å². The molecule has 0 N–H and O–H groups in total. The summed E-state index contributed by atoms with van der Waals surface area (Å²) in [4.78, 5) is 11.2. The summed E-state index contributed by atoms with van der Waals surface area (Å²) < 4.78 is 11.4. The van der Waals surface area contributed by atoms with Gasteiger partial charge in [-0.25, -0.2) is 0 Å². The van der Waals surface area contributed by atoms with Crippen molar-refractivity contribution in [3.05, 3.63) is 35.9 Å². The highest BCUT2D eigenvalue weighted by atomic mass is 16.7. The molecular weight excluding hydrogens is 228 g/mol. The summed E-state index contributed by atoms with van der Waals surface area (Å²) in [6, 6.07) is 9.98. The van der Waals surface area contributed by atoms with Crippen molar-refractivity contribution >= 4 is 5.97 Å². The Morgan fingerprint density at radius 3 is 2.44 bits per heavy atom. The average molecular weight is 248 g/mol. The van der Waals surface area contributed by atoms with E-state index in [0.29, 0.717) is 6.61 Å². The summed E-state index contributed by atoms with van der Waals surface area (Å²) in [5.41, 5.74) is 1.11. The monoisotopic (exact) mass is 248 g/mol. The molecule has 1 aromatic carbocycles. The molecule has 0 unspecified atom stereocenters. The van der Waals surface area contributed by atoms with E-state index in [1.165, 1.54) is 13.3 Å². The van der Waals surface area contributed by atoms with Crippen molar-refractivity contribution in [2.75, 3.05) is 0 Å². The number of carbonyl (C=O) groups excluding carboxylic acids is 1. The molecule has 2 rings (SSSR count). The van der Waals surface area contributed by atoms with Crippen molar-refractivity contribution < 1.29 is 14.3 Å². The predicted octanol–water partition coefficient (Wildman–Crippen LogP) is 3.43. The van der Waals surface area contributed by atoms with Gasteiger partial charge in [-0.1, -0.05) is 36.8 Å². The fourth-order valence-corrected chi connectivity index (χ4v) is 2.42. The first-order valence-electron chi connectivity index (χ1n) is 6.58. The van der Waals surface area contributed by atoms with Gasteiger partial charge in [0.15, 0.2) is 0 Å². The number of ether oxygens (including phenoxy) is 2. The molecular formula is C15H20O3. The Morgan fingerprint density at radius 1 is 1.17 bits per heavy atom. The molecule has 0 amide bonds. The smallest absolute Gasteiger partial charge is 0.305 e. The van der Waals surface area contributed by atoms with E-state index in [0.717, 1.165) is 31.2 Å². The highest BCUT2D eigenvalue weighted by molar-refractivity contribution is 5.66. The lowest BCUT2D eigenvalue weighted by molar-refractivity contribution is -0.247. The van der Waals surface area contributed by atoms with Crippen LogP contribution in [0.1, 0.15) is 44.6 Å². The van der Waals surface area contributed by atoms with Crippen LogP contribution in [-0.2, 0) is 20.9 Å². The summed E-state index contributed by atoms with van der Waals surface area (Å²) >= 11 is 0. The highest BCUT2D eigenvalue weighted by Gasteiger charge is 2.36. The lowest BCUT2D eigenvalue weighted by Gasteiger charge is -2.36. The van der Waals surface area contributed by atoms with Gasteiger partial charge in [0, 0.05) is 19.8 Å². The van der Waals surface area contributed by atoms with Crippen LogP contribution in [0.15, 0.2) is 30.3 Å². The van der Waals surface area contributed by atoms with Crippen molar-refractivity contribution in [2.24, 2.45) is 0 Å². The molecule has 0 saturated heterocycles. The predicted molar refractivity (Wildman–Crippen MR) is 68.8 cm³/mol. The minimum atomic E-state index is -0.695. The van der Waals surface area contributed by atoms with Gasteiger partial charge in [0.1, 0.15) is 0 Å². The van der Waals surface area contributed by atoms with Gasteiger partial charge in [-0.3, -0.25) is 4.79 Å². The van der Waals surface area contributed by atoms with Gasteiger partial charge in [0.25, 0.3) is 0 Å². The van der Waals surface area contributed by atoms with Crippen LogP contribution < -0.4 is 0 Å². The lowest BCUT2D eigenvalue weighted by Crippen LogP contribution is -2.39. The maximum absolute atomic E-state index is 11.2. The third-order valence-electron chi connectivity index (χ3n) is 3.29. The Morgan fingerprint density at radius 2 is 1.83 bits per heavy atom. The van der Waals surface area contributed by atoms with Crippen molar-refractivity contribution in [3.63, 3.8) is 0 Å². The zero-order valence-corrected chi connectivity index (χ0v) is 10.9. The Labute approximate surface area is 108 Å². The van der Waals surface area contributed by atoms with Crippen LogP contribution in [0, 0.1) is 0 Å². The van der Waals surface area contributed by atoms with E-state index >= 15 is 0 Å². The third-order valence-corrected chi connectivity index (χ3v) is 3.29. The molecule has 18 heavy (non-hydrogen) atoms. The second kappa shape index (κ2) is 6.01. The zero-order valence-electron chi connectivity index (χ0n) is 10.9. The minimum absolute atomic E-state index is 0.259. The van der Waals surface area contributed by atoms with E-state index in [1.807, 2.05) is 30.3 Å². The fraction of sp³-hybridized carbons (Fsp3) is 0.533. The Balaban J connectivity index is 1.99. The molecule has 0 bridgehead atoms. The molecule has 3 nitrogen and oxygen atoms in total. The summed E-state index contributed by atoms with van der Waals surface area (Å²) in [6.45, 7) is 1.94. The largest absolute Gasteiger partial charge is 0.433 e. The molecule has 3 heteroatoms. The number of hydrogen-bond donors (Lipinski definition) is 0. The normalized spacial score (nSPS) is 18.3. The summed E-state index contributed by atoms with van der Waals surface area (Å²) in [7, 11) is 0. The molecule has 1 aliphatic carbocycles. The first-order chi connectivity index (χ1) is 8.70. The van der Waals surface area contributed by atoms with Gasteiger partial charge in [0.2, 0.25) is 5.79 Å². The van der Waals surface area contributed by atoms with Crippen molar-refractivity contribution in [1.29, 1.82) is 0 Å². The van der Waals surface area contributed by atoms with Crippen LogP contribution in [-0.4, -0.2) is 11.8 Å². The first kappa shape index (κ1) is 13.1. The number of hydrogen-bond acceptors (Lipinski definition) is 3. The highest BCUT2D eigenvalue weighted by Crippen LogP contribution is 2.33. The zero-order chi connectivity index (χ0) is 12.8. The molecule has 0 atom stereocenters. The van der Waals surface area contributed by atoms with E-state index in [4.69, 9.17) is 9.47 Å². The fourth-order valence-electron chi connectivity index (χ4n) is 2.42. The van der Waals surface area contributed by atoms with E-state index < -0.39 is 5.79 Å². The van der Waals surface area contributed by atoms with Crippen molar-refractivity contribution in [3.8, 4) is 0 Å². The molecule has 1 saturated carbocycles. The third kappa shape index (κ3) is 3.57. The van der Waals surface area contributed by atoms with E-state index in [-0.39, 0.29) is 5.97 Å². The van der Waals surface area contributed by atoms with Gasteiger partial charge in [-0.15, -0.1) is 0 Å². The average Bonchev–Trinajstić information content (AvgIpc) is 2.38. The summed E-state index contributed by atoms with van der Waals surface area (Å²) in [5, 5.41) is 0. The lowest BCUT2D eigenvalue weighted by atomic mass is 9.94. The van der Waals surface area contributed by atoms with Crippen LogP contribution in [0.5, 0.6) is 0 Å². The standard InChI is InChI=1S/C15H20O3/c1-13(16)18-15(10-6-3-7-11-15)17-12-14-8-4-2-5-9-14/h2,4-5,8-9H,3,6-7,10-12H2,1H3. The molecule has 1 aromatic rings. The second-order valence-electron chi connectivity index (χ2n) is 4.84. The second-order valence-corrected chi connectivity index (χ2v) is 4.84. The van der Waals surface area contributed by atoms with E-state index in [2.05, 4.69) is 0 Å². The van der Waals surface area contributed by atoms with Crippen LogP contribution in [0.25, 0.3) is 0 Å². The molecule has 0 aliphatic heterocycles. The molecule has 0 radical (unpaired) electrons. The van der Waals surface area contributed by atoms with E-state index in [1.54, 1.807) is 0 Å². The van der Waals surface area contributed by atoms with Crippen LogP contribution >= 0.6 is 0 Å². The first-order valence-corrected chi connectivity index (χ1v) is 6.58.